The van der Waals surface area contributed by atoms with Gasteiger partial charge in [0.15, 0.2) is 5.78 Å². The number of allylic oxidation sites excluding steroid dienone is 1. The Kier molecular flexibility index (Phi) is 4.23. The zero-order chi connectivity index (χ0) is 15.6. The Hall–Kier alpha value is -2.40. The van der Waals surface area contributed by atoms with Crippen molar-refractivity contribution in [1.82, 2.24) is 9.13 Å². The topological polar surface area (TPSA) is 61.1 Å². The van der Waals surface area contributed by atoms with E-state index < -0.39 is 11.2 Å². The van der Waals surface area contributed by atoms with Crippen molar-refractivity contribution < 1.29 is 4.79 Å². The van der Waals surface area contributed by atoms with E-state index in [0.717, 1.165) is 4.57 Å². The standard InChI is InChI=1S/C15H13ClN2O3/c1-17-9-11(14(20)18(2)15(17)21)6-7-13(19)10-4-3-5-12(16)8-10/h3-9H,1-2H3/b7-6+. The summed E-state index contributed by atoms with van der Waals surface area (Å²) in [6.45, 7) is 0. The normalized spacial score (nSPS) is 11.0. The van der Waals surface area contributed by atoms with Crippen LogP contribution in [0.2, 0.25) is 5.02 Å². The SMILES string of the molecule is Cn1cc(/C=C/C(=O)c2cccc(Cl)c2)c(=O)n(C)c1=O. The fraction of sp³-hybridized carbons (Fsp3) is 0.133. The molecule has 0 spiro atoms. The summed E-state index contributed by atoms with van der Waals surface area (Å²) in [6.07, 6.45) is 4.07. The highest BCUT2D eigenvalue weighted by Gasteiger charge is 2.06. The molecule has 0 unspecified atom stereocenters. The van der Waals surface area contributed by atoms with Crippen LogP contribution in [0.25, 0.3) is 6.08 Å². The molecular formula is C15H13ClN2O3. The van der Waals surface area contributed by atoms with Crippen LogP contribution >= 0.6 is 11.6 Å². The summed E-state index contributed by atoms with van der Waals surface area (Å²) in [5, 5.41) is 0.465. The fourth-order valence-electron chi connectivity index (χ4n) is 1.85. The minimum Gasteiger partial charge on any atom is -0.303 e. The van der Waals surface area contributed by atoms with E-state index in [2.05, 4.69) is 0 Å². The zero-order valence-electron chi connectivity index (χ0n) is 11.5. The Balaban J connectivity index is 2.37. The van der Waals surface area contributed by atoms with Crippen LogP contribution in [0, 0.1) is 0 Å². The summed E-state index contributed by atoms with van der Waals surface area (Å²) < 4.78 is 2.27. The lowest BCUT2D eigenvalue weighted by molar-refractivity contribution is 0.104. The van der Waals surface area contributed by atoms with Crippen LogP contribution in [-0.2, 0) is 14.1 Å². The van der Waals surface area contributed by atoms with Crippen molar-refractivity contribution in [3.63, 3.8) is 0 Å². The van der Waals surface area contributed by atoms with Crippen molar-refractivity contribution in [3.05, 3.63) is 73.5 Å². The highest BCUT2D eigenvalue weighted by Crippen LogP contribution is 2.11. The molecule has 21 heavy (non-hydrogen) atoms. The molecule has 2 aromatic rings. The first kappa shape index (κ1) is 15.0. The summed E-state index contributed by atoms with van der Waals surface area (Å²) in [4.78, 5) is 35.5. The largest absolute Gasteiger partial charge is 0.330 e. The quantitative estimate of drug-likeness (QED) is 0.639. The Morgan fingerprint density at radius 3 is 2.62 bits per heavy atom. The van der Waals surface area contributed by atoms with Crippen LogP contribution in [0.4, 0.5) is 0 Å². The number of halogens is 1. The molecule has 0 saturated heterocycles. The molecule has 0 N–H and O–H groups in total. The van der Waals surface area contributed by atoms with Crippen molar-refractivity contribution in [2.45, 2.75) is 0 Å². The summed E-state index contributed by atoms with van der Waals surface area (Å²) in [6, 6.07) is 6.53. The minimum absolute atomic E-state index is 0.259. The van der Waals surface area contributed by atoms with E-state index in [-0.39, 0.29) is 11.3 Å². The Bertz CT molecular complexity index is 847. The molecule has 6 heteroatoms. The van der Waals surface area contributed by atoms with Crippen molar-refractivity contribution in [3.8, 4) is 0 Å². The lowest BCUT2D eigenvalue weighted by Gasteiger charge is -2.03. The van der Waals surface area contributed by atoms with E-state index in [4.69, 9.17) is 11.6 Å². The second kappa shape index (κ2) is 5.93. The smallest absolute Gasteiger partial charge is 0.303 e. The summed E-state index contributed by atoms with van der Waals surface area (Å²) in [5.74, 6) is -0.270. The molecule has 0 atom stereocenters. The maximum atomic E-state index is 12.0. The molecule has 1 aromatic heterocycles. The van der Waals surface area contributed by atoms with Crippen LogP contribution in [0.1, 0.15) is 15.9 Å². The molecule has 0 aliphatic carbocycles. The van der Waals surface area contributed by atoms with Gasteiger partial charge in [0.1, 0.15) is 0 Å². The molecule has 0 bridgehead atoms. The predicted molar refractivity (Wildman–Crippen MR) is 81.7 cm³/mol. The van der Waals surface area contributed by atoms with E-state index in [9.17, 15) is 14.4 Å². The molecule has 1 heterocycles. The van der Waals surface area contributed by atoms with Gasteiger partial charge in [0.05, 0.1) is 5.56 Å². The molecule has 1 aromatic carbocycles. The summed E-state index contributed by atoms with van der Waals surface area (Å²) in [7, 11) is 2.93. The number of hydrogen-bond acceptors (Lipinski definition) is 3. The lowest BCUT2D eigenvalue weighted by Crippen LogP contribution is -2.37. The molecule has 0 aliphatic heterocycles. The highest BCUT2D eigenvalue weighted by atomic mass is 35.5. The van der Waals surface area contributed by atoms with Crippen LogP contribution in [-0.4, -0.2) is 14.9 Å². The van der Waals surface area contributed by atoms with Crippen LogP contribution in [0.3, 0.4) is 0 Å². The summed E-state index contributed by atoms with van der Waals surface area (Å²) >= 11 is 5.82. The number of carbonyl (C=O) groups is 1. The first-order chi connectivity index (χ1) is 9.90. The number of rotatable bonds is 3. The van der Waals surface area contributed by atoms with Gasteiger partial charge in [0, 0.05) is 30.9 Å². The highest BCUT2D eigenvalue weighted by molar-refractivity contribution is 6.31. The average molecular weight is 305 g/mol. The van der Waals surface area contributed by atoms with Crippen molar-refractivity contribution in [1.29, 1.82) is 0 Å². The number of nitrogens with zero attached hydrogens (tertiary/aromatic N) is 2. The number of carbonyl (C=O) groups excluding carboxylic acids is 1. The third-order valence-corrected chi connectivity index (χ3v) is 3.23. The minimum atomic E-state index is -0.451. The second-order valence-corrected chi connectivity index (χ2v) is 4.99. The molecule has 108 valence electrons. The van der Waals surface area contributed by atoms with E-state index >= 15 is 0 Å². The fourth-order valence-corrected chi connectivity index (χ4v) is 2.04. The van der Waals surface area contributed by atoms with Gasteiger partial charge in [-0.25, -0.2) is 4.79 Å². The maximum Gasteiger partial charge on any atom is 0.330 e. The van der Waals surface area contributed by atoms with Crippen molar-refractivity contribution >= 4 is 23.5 Å². The first-order valence-corrected chi connectivity index (χ1v) is 6.52. The molecule has 2 rings (SSSR count). The number of benzene rings is 1. The van der Waals surface area contributed by atoms with Crippen LogP contribution in [0.15, 0.2) is 46.1 Å². The third-order valence-electron chi connectivity index (χ3n) is 3.00. The van der Waals surface area contributed by atoms with E-state index in [0.29, 0.717) is 10.6 Å². The zero-order valence-corrected chi connectivity index (χ0v) is 12.3. The van der Waals surface area contributed by atoms with E-state index in [1.807, 2.05) is 0 Å². The van der Waals surface area contributed by atoms with Gasteiger partial charge in [-0.2, -0.15) is 0 Å². The van der Waals surface area contributed by atoms with Crippen molar-refractivity contribution in [2.24, 2.45) is 14.1 Å². The Morgan fingerprint density at radius 1 is 1.24 bits per heavy atom. The number of aryl methyl sites for hydroxylation is 1. The summed E-state index contributed by atoms with van der Waals surface area (Å²) in [5.41, 5.74) is -0.179. The van der Waals surface area contributed by atoms with Crippen LogP contribution in [0.5, 0.6) is 0 Å². The second-order valence-electron chi connectivity index (χ2n) is 4.55. The Morgan fingerprint density at radius 2 is 1.95 bits per heavy atom. The molecule has 0 fully saturated rings. The van der Waals surface area contributed by atoms with Gasteiger partial charge in [0.25, 0.3) is 5.56 Å². The molecular weight excluding hydrogens is 292 g/mol. The van der Waals surface area contributed by atoms with Gasteiger partial charge < -0.3 is 4.57 Å². The number of aromatic nitrogens is 2. The first-order valence-electron chi connectivity index (χ1n) is 6.15. The van der Waals surface area contributed by atoms with Gasteiger partial charge in [-0.1, -0.05) is 23.7 Å². The molecule has 0 saturated carbocycles. The molecule has 0 amide bonds. The Labute approximate surface area is 125 Å². The van der Waals surface area contributed by atoms with Gasteiger partial charge in [-0.3, -0.25) is 14.2 Å². The predicted octanol–water partition coefficient (Wildman–Crippen LogP) is 1.63. The van der Waals surface area contributed by atoms with Gasteiger partial charge in [0.2, 0.25) is 0 Å². The number of ketones is 1. The van der Waals surface area contributed by atoms with Crippen molar-refractivity contribution in [2.75, 3.05) is 0 Å². The average Bonchev–Trinajstić information content (AvgIpc) is 2.47. The molecule has 0 radical (unpaired) electrons. The molecule has 0 aliphatic rings. The monoisotopic (exact) mass is 304 g/mol. The van der Waals surface area contributed by atoms with Gasteiger partial charge in [-0.15, -0.1) is 0 Å². The third kappa shape index (κ3) is 3.20. The van der Waals surface area contributed by atoms with E-state index in [1.165, 1.54) is 37.0 Å². The van der Waals surface area contributed by atoms with Crippen LogP contribution < -0.4 is 11.2 Å². The number of hydrogen-bond donors (Lipinski definition) is 0. The maximum absolute atomic E-state index is 12.0. The van der Waals surface area contributed by atoms with Gasteiger partial charge >= 0.3 is 5.69 Å². The van der Waals surface area contributed by atoms with E-state index in [1.54, 1.807) is 24.3 Å². The molecule has 5 nitrogen and oxygen atoms in total. The van der Waals surface area contributed by atoms with Gasteiger partial charge in [-0.05, 0) is 24.3 Å². The lowest BCUT2D eigenvalue weighted by atomic mass is 10.1.